The minimum absolute atomic E-state index is 0.0608. The first-order chi connectivity index (χ1) is 17.7. The van der Waals surface area contributed by atoms with Crippen molar-refractivity contribution in [2.75, 3.05) is 26.4 Å². The van der Waals surface area contributed by atoms with Gasteiger partial charge in [-0.3, -0.25) is 9.59 Å². The third kappa shape index (κ3) is 5.83. The Morgan fingerprint density at radius 1 is 1.27 bits per heavy atom. The Morgan fingerprint density at radius 3 is 2.68 bits per heavy atom. The van der Waals surface area contributed by atoms with E-state index < -0.39 is 17.7 Å². The number of Topliss-reactive ketones (excluding diaryl/α,β-unsaturated/α-hetero) is 1. The van der Waals surface area contributed by atoms with Crippen LogP contribution in [0.4, 0.5) is 0 Å². The SMILES string of the molecule is CCOc1cc(C2C(C(=O)c3sc(C)nc3C)=C(O)C(=O)N2CC2CCCO2)ccc1OCCC(C)C. The lowest BCUT2D eigenvalue weighted by Gasteiger charge is -2.29. The lowest BCUT2D eigenvalue weighted by molar-refractivity contribution is -0.131. The fraction of sp³-hybridized carbons (Fsp3) is 0.536. The van der Waals surface area contributed by atoms with Gasteiger partial charge < -0.3 is 24.2 Å². The first-order valence-electron chi connectivity index (χ1n) is 12.9. The molecule has 3 heterocycles. The van der Waals surface area contributed by atoms with Gasteiger partial charge in [0.05, 0.1) is 46.5 Å². The Balaban J connectivity index is 1.75. The molecule has 0 radical (unpaired) electrons. The number of thiazole rings is 1. The van der Waals surface area contributed by atoms with Crippen LogP contribution in [0.5, 0.6) is 11.5 Å². The maximum absolute atomic E-state index is 13.8. The first kappa shape index (κ1) is 27.1. The van der Waals surface area contributed by atoms with Gasteiger partial charge >= 0.3 is 0 Å². The van der Waals surface area contributed by atoms with Crippen molar-refractivity contribution in [1.82, 2.24) is 9.88 Å². The van der Waals surface area contributed by atoms with E-state index in [1.54, 1.807) is 11.8 Å². The molecule has 2 aliphatic rings. The largest absolute Gasteiger partial charge is 0.503 e. The van der Waals surface area contributed by atoms with Crippen LogP contribution in [-0.2, 0) is 9.53 Å². The van der Waals surface area contributed by atoms with Crippen LogP contribution in [0.1, 0.15) is 72.0 Å². The van der Waals surface area contributed by atoms with E-state index in [0.717, 1.165) is 24.3 Å². The number of aromatic nitrogens is 1. The first-order valence-corrected chi connectivity index (χ1v) is 13.8. The van der Waals surface area contributed by atoms with Crippen molar-refractivity contribution < 1.29 is 28.9 Å². The summed E-state index contributed by atoms with van der Waals surface area (Å²) in [6.07, 6.45) is 2.49. The zero-order valence-electron chi connectivity index (χ0n) is 22.2. The predicted octanol–water partition coefficient (Wildman–Crippen LogP) is 5.34. The van der Waals surface area contributed by atoms with Crippen LogP contribution in [0.15, 0.2) is 29.5 Å². The molecule has 0 aliphatic carbocycles. The molecule has 1 N–H and O–H groups in total. The number of ether oxygens (including phenoxy) is 3. The molecule has 0 spiro atoms. The fourth-order valence-corrected chi connectivity index (χ4v) is 5.65. The second kappa shape index (κ2) is 11.6. The molecule has 1 aromatic heterocycles. The molecule has 1 saturated heterocycles. The molecule has 1 amide bonds. The fourth-order valence-electron chi connectivity index (χ4n) is 4.78. The molecule has 1 aromatic carbocycles. The van der Waals surface area contributed by atoms with Crippen LogP contribution in [-0.4, -0.2) is 59.2 Å². The molecular weight excluding hydrogens is 492 g/mol. The van der Waals surface area contributed by atoms with E-state index in [1.807, 2.05) is 32.0 Å². The number of aryl methyl sites for hydroxylation is 2. The molecule has 1 fully saturated rings. The van der Waals surface area contributed by atoms with Gasteiger partial charge in [-0.2, -0.15) is 0 Å². The second-order valence-electron chi connectivity index (χ2n) is 9.90. The normalized spacial score (nSPS) is 19.8. The molecule has 200 valence electrons. The highest BCUT2D eigenvalue weighted by Gasteiger charge is 2.45. The Hall–Kier alpha value is -2.91. The quantitative estimate of drug-likeness (QED) is 0.393. The minimum Gasteiger partial charge on any atom is -0.503 e. The molecule has 9 heteroatoms. The van der Waals surface area contributed by atoms with Gasteiger partial charge in [0.15, 0.2) is 17.3 Å². The standard InChI is InChI=1S/C28H36N2O6S/c1-6-34-22-14-19(9-10-21(22)36-13-11-16(2)3)24-23(25(31)27-17(4)29-18(5)37-27)26(32)28(33)30(24)15-20-8-7-12-35-20/h9-10,14,16,20,24,32H,6-8,11-13,15H2,1-5H3. The number of nitrogens with zero attached hydrogens (tertiary/aromatic N) is 2. The van der Waals surface area contributed by atoms with E-state index in [1.165, 1.54) is 11.3 Å². The number of ketones is 1. The number of aliphatic hydroxyl groups excluding tert-OH is 1. The highest BCUT2D eigenvalue weighted by molar-refractivity contribution is 7.14. The summed E-state index contributed by atoms with van der Waals surface area (Å²) in [5.74, 6) is 0.175. The molecule has 2 aromatic rings. The van der Waals surface area contributed by atoms with Gasteiger partial charge in [-0.15, -0.1) is 11.3 Å². The van der Waals surface area contributed by atoms with Crippen molar-refractivity contribution in [3.8, 4) is 11.5 Å². The van der Waals surface area contributed by atoms with E-state index >= 15 is 0 Å². The maximum atomic E-state index is 13.8. The highest BCUT2D eigenvalue weighted by Crippen LogP contribution is 2.43. The van der Waals surface area contributed by atoms with Gasteiger partial charge in [0.2, 0.25) is 5.78 Å². The van der Waals surface area contributed by atoms with E-state index in [4.69, 9.17) is 14.2 Å². The van der Waals surface area contributed by atoms with E-state index in [2.05, 4.69) is 18.8 Å². The van der Waals surface area contributed by atoms with Gasteiger partial charge in [0.25, 0.3) is 5.91 Å². The Labute approximate surface area is 222 Å². The Morgan fingerprint density at radius 2 is 2.05 bits per heavy atom. The highest BCUT2D eigenvalue weighted by atomic mass is 32.1. The van der Waals surface area contributed by atoms with Crippen LogP contribution in [0, 0.1) is 19.8 Å². The van der Waals surface area contributed by atoms with Crippen molar-refractivity contribution >= 4 is 23.0 Å². The van der Waals surface area contributed by atoms with Crippen LogP contribution in [0.3, 0.4) is 0 Å². The van der Waals surface area contributed by atoms with Crippen molar-refractivity contribution in [3.05, 3.63) is 50.7 Å². The number of benzene rings is 1. The van der Waals surface area contributed by atoms with Crippen molar-refractivity contribution in [2.24, 2.45) is 5.92 Å². The summed E-state index contributed by atoms with van der Waals surface area (Å²) in [5, 5.41) is 11.8. The van der Waals surface area contributed by atoms with Gasteiger partial charge in [-0.1, -0.05) is 19.9 Å². The summed E-state index contributed by atoms with van der Waals surface area (Å²) < 4.78 is 17.7. The molecule has 2 aliphatic heterocycles. The smallest absolute Gasteiger partial charge is 0.290 e. The van der Waals surface area contributed by atoms with Crippen LogP contribution < -0.4 is 9.47 Å². The number of amides is 1. The van der Waals surface area contributed by atoms with E-state index in [-0.39, 0.29) is 24.0 Å². The average Bonchev–Trinajstić information content (AvgIpc) is 3.55. The Kier molecular flexibility index (Phi) is 8.54. The average molecular weight is 529 g/mol. The third-order valence-corrected chi connectivity index (χ3v) is 7.69. The number of hydrogen-bond acceptors (Lipinski definition) is 8. The van der Waals surface area contributed by atoms with Crippen LogP contribution >= 0.6 is 11.3 Å². The molecule has 8 nitrogen and oxygen atoms in total. The molecule has 37 heavy (non-hydrogen) atoms. The zero-order valence-corrected chi connectivity index (χ0v) is 23.0. The van der Waals surface area contributed by atoms with E-state index in [9.17, 15) is 14.7 Å². The summed E-state index contributed by atoms with van der Waals surface area (Å²) in [4.78, 5) is 33.5. The Bertz CT molecular complexity index is 1180. The van der Waals surface area contributed by atoms with Crippen molar-refractivity contribution in [3.63, 3.8) is 0 Å². The number of carbonyl (C=O) groups excluding carboxylic acids is 2. The second-order valence-corrected chi connectivity index (χ2v) is 11.1. The summed E-state index contributed by atoms with van der Waals surface area (Å²) >= 11 is 1.26. The molecule has 2 atom stereocenters. The third-order valence-electron chi connectivity index (χ3n) is 6.62. The number of carbonyl (C=O) groups is 2. The van der Waals surface area contributed by atoms with Gasteiger partial charge in [-0.05, 0) is 63.6 Å². The van der Waals surface area contributed by atoms with Crippen molar-refractivity contribution in [2.45, 2.75) is 66.0 Å². The van der Waals surface area contributed by atoms with Crippen molar-refractivity contribution in [1.29, 1.82) is 0 Å². The summed E-state index contributed by atoms with van der Waals surface area (Å²) in [6.45, 7) is 11.7. The maximum Gasteiger partial charge on any atom is 0.290 e. The molecule has 4 rings (SSSR count). The lowest BCUT2D eigenvalue weighted by Crippen LogP contribution is -2.37. The van der Waals surface area contributed by atoms with Gasteiger partial charge in [0, 0.05) is 13.2 Å². The zero-order chi connectivity index (χ0) is 26.7. The topological polar surface area (TPSA) is 98.2 Å². The summed E-state index contributed by atoms with van der Waals surface area (Å²) in [5.41, 5.74) is 1.31. The lowest BCUT2D eigenvalue weighted by atomic mass is 9.94. The minimum atomic E-state index is -0.782. The molecule has 2 unspecified atom stereocenters. The number of rotatable bonds is 11. The summed E-state index contributed by atoms with van der Waals surface area (Å²) in [6, 6.07) is 4.68. The summed E-state index contributed by atoms with van der Waals surface area (Å²) in [7, 11) is 0. The molecular formula is C28H36N2O6S. The van der Waals surface area contributed by atoms with Crippen LogP contribution in [0.2, 0.25) is 0 Å². The van der Waals surface area contributed by atoms with E-state index in [0.29, 0.717) is 53.4 Å². The van der Waals surface area contributed by atoms with Gasteiger partial charge in [-0.25, -0.2) is 4.98 Å². The monoisotopic (exact) mass is 528 g/mol. The molecule has 0 saturated carbocycles. The number of aliphatic hydroxyl groups is 1. The van der Waals surface area contributed by atoms with Gasteiger partial charge in [0.1, 0.15) is 0 Å². The van der Waals surface area contributed by atoms with Crippen LogP contribution in [0.25, 0.3) is 0 Å². The number of hydrogen-bond donors (Lipinski definition) is 1. The molecule has 0 bridgehead atoms. The predicted molar refractivity (Wildman–Crippen MR) is 142 cm³/mol.